The first-order valence-electron chi connectivity index (χ1n) is 7.54. The van der Waals surface area contributed by atoms with Crippen molar-refractivity contribution in [1.29, 1.82) is 0 Å². The molecule has 0 saturated heterocycles. The molecule has 0 aliphatic rings. The average molecular weight is 261 g/mol. The molecule has 0 radical (unpaired) electrons. The molecule has 0 amide bonds. The molecule has 0 atom stereocenters. The van der Waals surface area contributed by atoms with Crippen molar-refractivity contribution in [2.45, 2.75) is 67.7 Å². The van der Waals surface area contributed by atoms with E-state index >= 15 is 0 Å². The van der Waals surface area contributed by atoms with Gasteiger partial charge in [0, 0.05) is 11.9 Å². The van der Waals surface area contributed by atoms with Gasteiger partial charge >= 0.3 is 0 Å². The van der Waals surface area contributed by atoms with Crippen molar-refractivity contribution in [3.05, 3.63) is 30.1 Å². The predicted octanol–water partition coefficient (Wildman–Crippen LogP) is 5.50. The van der Waals surface area contributed by atoms with Crippen molar-refractivity contribution in [2.24, 2.45) is 16.2 Å². The molecule has 0 N–H and O–H groups in total. The molecular weight excluding hydrogens is 230 g/mol. The Morgan fingerprint density at radius 2 is 1.58 bits per heavy atom. The molecule has 1 heterocycles. The smallest absolute Gasteiger partial charge is 0.0409 e. The Labute approximate surface area is 119 Å². The van der Waals surface area contributed by atoms with Gasteiger partial charge in [0.25, 0.3) is 0 Å². The fraction of sp³-hybridized carbons (Fsp3) is 0.722. The van der Waals surface area contributed by atoms with Crippen molar-refractivity contribution < 1.29 is 0 Å². The van der Waals surface area contributed by atoms with Gasteiger partial charge in [-0.15, -0.1) is 0 Å². The summed E-state index contributed by atoms with van der Waals surface area (Å²) in [6, 6.07) is 6.22. The van der Waals surface area contributed by atoms with Gasteiger partial charge in [0.2, 0.25) is 0 Å². The van der Waals surface area contributed by atoms with Crippen LogP contribution in [-0.4, -0.2) is 4.98 Å². The van der Waals surface area contributed by atoms with Gasteiger partial charge in [-0.2, -0.15) is 0 Å². The van der Waals surface area contributed by atoms with Crippen LogP contribution in [0.2, 0.25) is 0 Å². The van der Waals surface area contributed by atoms with E-state index in [4.69, 9.17) is 0 Å². The van der Waals surface area contributed by atoms with Crippen LogP contribution >= 0.6 is 0 Å². The monoisotopic (exact) mass is 261 g/mol. The Kier molecular flexibility index (Phi) is 4.81. The minimum atomic E-state index is 0.222. The van der Waals surface area contributed by atoms with Crippen LogP contribution in [0.15, 0.2) is 24.4 Å². The number of nitrogens with zero attached hydrogens (tertiary/aromatic N) is 1. The van der Waals surface area contributed by atoms with E-state index in [9.17, 15) is 0 Å². The highest BCUT2D eigenvalue weighted by molar-refractivity contribution is 5.09. The van der Waals surface area contributed by atoms with Crippen LogP contribution in [-0.2, 0) is 6.42 Å². The predicted molar refractivity (Wildman–Crippen MR) is 84.2 cm³/mol. The van der Waals surface area contributed by atoms with E-state index < -0.39 is 0 Å². The average Bonchev–Trinajstić information content (AvgIpc) is 2.29. The molecule has 19 heavy (non-hydrogen) atoms. The lowest BCUT2D eigenvalue weighted by Crippen LogP contribution is -2.45. The third kappa shape index (κ3) is 3.38. The van der Waals surface area contributed by atoms with E-state index in [1.807, 2.05) is 12.3 Å². The maximum absolute atomic E-state index is 4.51. The van der Waals surface area contributed by atoms with Gasteiger partial charge in [-0.1, -0.05) is 61.0 Å². The van der Waals surface area contributed by atoms with Crippen LogP contribution in [0.3, 0.4) is 0 Å². The van der Waals surface area contributed by atoms with Crippen molar-refractivity contribution in [3.8, 4) is 0 Å². The fourth-order valence-corrected chi connectivity index (χ4v) is 3.03. The fourth-order valence-electron chi connectivity index (χ4n) is 3.03. The minimum absolute atomic E-state index is 0.222. The molecule has 1 aromatic heterocycles. The van der Waals surface area contributed by atoms with Gasteiger partial charge in [0.05, 0.1) is 0 Å². The van der Waals surface area contributed by atoms with Crippen LogP contribution in [0, 0.1) is 16.2 Å². The number of pyridine rings is 1. The van der Waals surface area contributed by atoms with Crippen LogP contribution in [0.5, 0.6) is 0 Å². The highest BCUT2D eigenvalue weighted by atomic mass is 14.7. The molecular formula is C18H31N. The zero-order chi connectivity index (χ0) is 14.7. The Morgan fingerprint density at radius 1 is 0.947 bits per heavy atom. The summed E-state index contributed by atoms with van der Waals surface area (Å²) < 4.78 is 0. The van der Waals surface area contributed by atoms with E-state index in [0.717, 1.165) is 6.42 Å². The lowest BCUT2D eigenvalue weighted by atomic mass is 9.52. The number of hydrogen-bond donors (Lipinski definition) is 0. The van der Waals surface area contributed by atoms with E-state index in [1.165, 1.54) is 18.5 Å². The zero-order valence-corrected chi connectivity index (χ0v) is 13.9. The second kappa shape index (κ2) is 5.64. The van der Waals surface area contributed by atoms with Crippen molar-refractivity contribution in [2.75, 3.05) is 0 Å². The lowest BCUT2D eigenvalue weighted by molar-refractivity contribution is -0.0256. The van der Waals surface area contributed by atoms with Gasteiger partial charge in [-0.25, -0.2) is 0 Å². The molecule has 0 aliphatic carbocycles. The quantitative estimate of drug-likeness (QED) is 0.658. The van der Waals surface area contributed by atoms with Crippen molar-refractivity contribution >= 4 is 0 Å². The third-order valence-corrected chi connectivity index (χ3v) is 5.61. The second-order valence-electron chi connectivity index (χ2n) is 7.64. The lowest BCUT2D eigenvalue weighted by Gasteiger charge is -2.52. The van der Waals surface area contributed by atoms with Crippen LogP contribution < -0.4 is 0 Å². The SMILES string of the molecule is CCCC(C)(C)C(C)(C)C(C)(C)Cc1ccccn1. The zero-order valence-electron chi connectivity index (χ0n) is 13.9. The summed E-state index contributed by atoms with van der Waals surface area (Å²) in [7, 11) is 0. The summed E-state index contributed by atoms with van der Waals surface area (Å²) in [5.74, 6) is 0. The van der Waals surface area contributed by atoms with Gasteiger partial charge in [0.1, 0.15) is 0 Å². The largest absolute Gasteiger partial charge is 0.261 e. The highest BCUT2D eigenvalue weighted by Crippen LogP contribution is 2.54. The Bertz CT molecular complexity index is 387. The van der Waals surface area contributed by atoms with E-state index in [1.54, 1.807) is 0 Å². The Balaban J connectivity index is 2.97. The maximum Gasteiger partial charge on any atom is 0.0409 e. The van der Waals surface area contributed by atoms with Crippen molar-refractivity contribution in [1.82, 2.24) is 4.98 Å². The first-order chi connectivity index (χ1) is 8.64. The molecule has 0 spiro atoms. The third-order valence-electron chi connectivity index (χ3n) is 5.61. The summed E-state index contributed by atoms with van der Waals surface area (Å²) in [5, 5.41) is 0. The molecule has 1 nitrogen and oxygen atoms in total. The Morgan fingerprint density at radius 3 is 2.05 bits per heavy atom. The standard InChI is InChI=1S/C18H31N/c1-8-12-16(2,3)18(6,7)17(4,5)14-15-11-9-10-13-19-15/h9-11,13H,8,12,14H2,1-7H3. The highest BCUT2D eigenvalue weighted by Gasteiger charge is 2.47. The summed E-state index contributed by atoms with van der Waals surface area (Å²) in [6.07, 6.45) is 5.45. The molecule has 0 aromatic carbocycles. The topological polar surface area (TPSA) is 12.9 Å². The number of hydrogen-bond acceptors (Lipinski definition) is 1. The van der Waals surface area contributed by atoms with E-state index in [-0.39, 0.29) is 10.8 Å². The molecule has 0 bridgehead atoms. The van der Waals surface area contributed by atoms with Gasteiger partial charge in [0.15, 0.2) is 0 Å². The molecule has 0 aliphatic heterocycles. The summed E-state index contributed by atoms with van der Waals surface area (Å²) in [4.78, 5) is 4.51. The van der Waals surface area contributed by atoms with E-state index in [0.29, 0.717) is 5.41 Å². The van der Waals surface area contributed by atoms with Crippen molar-refractivity contribution in [3.63, 3.8) is 0 Å². The molecule has 0 fully saturated rings. The van der Waals surface area contributed by atoms with Crippen LogP contribution in [0.25, 0.3) is 0 Å². The molecule has 1 aromatic rings. The van der Waals surface area contributed by atoms with Gasteiger partial charge in [-0.3, -0.25) is 4.98 Å². The first kappa shape index (κ1) is 16.2. The summed E-state index contributed by atoms with van der Waals surface area (Å²) in [5.41, 5.74) is 2.01. The molecule has 1 heteroatoms. The van der Waals surface area contributed by atoms with Gasteiger partial charge < -0.3 is 0 Å². The minimum Gasteiger partial charge on any atom is -0.261 e. The van der Waals surface area contributed by atoms with Gasteiger partial charge in [-0.05, 0) is 41.2 Å². The molecule has 108 valence electrons. The molecule has 0 saturated carbocycles. The number of rotatable bonds is 6. The molecule has 1 rings (SSSR count). The number of aromatic nitrogens is 1. The molecule has 0 unspecified atom stereocenters. The normalized spacial score (nSPS) is 13.6. The second-order valence-corrected chi connectivity index (χ2v) is 7.64. The summed E-state index contributed by atoms with van der Waals surface area (Å²) >= 11 is 0. The Hall–Kier alpha value is -0.850. The maximum atomic E-state index is 4.51. The van der Waals surface area contributed by atoms with Crippen LogP contribution in [0.1, 0.15) is 67.0 Å². The van der Waals surface area contributed by atoms with E-state index in [2.05, 4.69) is 65.6 Å². The van der Waals surface area contributed by atoms with Crippen LogP contribution in [0.4, 0.5) is 0 Å². The summed E-state index contributed by atoms with van der Waals surface area (Å²) in [6.45, 7) is 16.7. The first-order valence-corrected chi connectivity index (χ1v) is 7.54.